The summed E-state index contributed by atoms with van der Waals surface area (Å²) in [7, 11) is 1.38. The Labute approximate surface area is 198 Å². The van der Waals surface area contributed by atoms with Crippen LogP contribution in [0.2, 0.25) is 0 Å². The van der Waals surface area contributed by atoms with Gasteiger partial charge in [0.1, 0.15) is 18.1 Å². The van der Waals surface area contributed by atoms with Crippen molar-refractivity contribution in [1.29, 1.82) is 0 Å². The van der Waals surface area contributed by atoms with Gasteiger partial charge in [0, 0.05) is 13.5 Å². The summed E-state index contributed by atoms with van der Waals surface area (Å²) in [5, 5.41) is 16.2. The Morgan fingerprint density at radius 2 is 1.62 bits per heavy atom. The van der Waals surface area contributed by atoms with Crippen molar-refractivity contribution in [2.24, 2.45) is 11.7 Å². The predicted molar refractivity (Wildman–Crippen MR) is 128 cm³/mol. The van der Waals surface area contributed by atoms with Gasteiger partial charge in [-0.2, -0.15) is 0 Å². The Morgan fingerprint density at radius 1 is 0.971 bits per heavy atom. The van der Waals surface area contributed by atoms with Crippen molar-refractivity contribution in [3.63, 3.8) is 0 Å². The highest BCUT2D eigenvalue weighted by molar-refractivity contribution is 5.94. The first-order valence-electron chi connectivity index (χ1n) is 11.1. The molecule has 0 bridgehead atoms. The molecule has 0 aliphatic rings. The number of benzene rings is 2. The molecule has 2 rings (SSSR count). The maximum atomic E-state index is 13.2. The fourth-order valence-corrected chi connectivity index (χ4v) is 3.57. The van der Waals surface area contributed by atoms with Crippen LogP contribution in [0.15, 0.2) is 42.5 Å². The summed E-state index contributed by atoms with van der Waals surface area (Å²) in [4.78, 5) is 50.7. The molecule has 5 amide bonds. The van der Waals surface area contributed by atoms with Crippen molar-refractivity contribution in [2.45, 2.75) is 51.7 Å². The molecule has 3 unspecified atom stereocenters. The quantitative estimate of drug-likeness (QED) is 0.261. The van der Waals surface area contributed by atoms with Gasteiger partial charge in [-0.25, -0.2) is 10.3 Å². The lowest BCUT2D eigenvalue weighted by molar-refractivity contribution is -0.132. The van der Waals surface area contributed by atoms with Crippen LogP contribution >= 0.6 is 0 Å². The van der Waals surface area contributed by atoms with Crippen LogP contribution in [0, 0.1) is 5.92 Å². The van der Waals surface area contributed by atoms with Gasteiger partial charge in [0.25, 0.3) is 0 Å². The lowest BCUT2D eigenvalue weighted by Crippen LogP contribution is -2.57. The van der Waals surface area contributed by atoms with Crippen LogP contribution in [0.25, 0.3) is 10.8 Å². The van der Waals surface area contributed by atoms with Crippen molar-refractivity contribution in [3.8, 4) is 0 Å². The average Bonchev–Trinajstić information content (AvgIpc) is 2.80. The topological polar surface area (TPSA) is 154 Å². The third-order valence-electron chi connectivity index (χ3n) is 5.55. The fraction of sp³-hybridized carbons (Fsp3) is 0.417. The van der Waals surface area contributed by atoms with Crippen LogP contribution in [-0.2, 0) is 20.8 Å². The molecule has 0 fully saturated rings. The third-order valence-corrected chi connectivity index (χ3v) is 5.55. The average molecular weight is 472 g/mol. The summed E-state index contributed by atoms with van der Waals surface area (Å²) in [6, 6.07) is 9.72. The number of hydrogen-bond acceptors (Lipinski definition) is 5. The van der Waals surface area contributed by atoms with Crippen LogP contribution in [-0.4, -0.2) is 59.0 Å². The number of amides is 5. The first-order chi connectivity index (χ1) is 16.0. The second kappa shape index (κ2) is 12.0. The molecule has 0 radical (unpaired) electrons. The van der Waals surface area contributed by atoms with E-state index in [1.54, 1.807) is 0 Å². The van der Waals surface area contributed by atoms with E-state index in [1.807, 2.05) is 56.3 Å². The van der Waals surface area contributed by atoms with Crippen molar-refractivity contribution in [3.05, 3.63) is 48.0 Å². The molecule has 0 aliphatic carbocycles. The van der Waals surface area contributed by atoms with Crippen LogP contribution in [0.5, 0.6) is 0 Å². The molecule has 0 spiro atoms. The summed E-state index contributed by atoms with van der Waals surface area (Å²) in [5.41, 5.74) is 7.60. The maximum absolute atomic E-state index is 13.2. The van der Waals surface area contributed by atoms with Gasteiger partial charge in [-0.15, -0.1) is 0 Å². The summed E-state index contributed by atoms with van der Waals surface area (Å²) in [6.45, 7) is 5.23. The molecule has 3 atom stereocenters. The minimum absolute atomic E-state index is 0.0485. The molecule has 2 aromatic rings. The lowest BCUT2D eigenvalue weighted by Gasteiger charge is -2.30. The number of nitrogens with zero attached hydrogens (tertiary/aromatic N) is 1. The maximum Gasteiger partial charge on any atom is 0.341 e. The Bertz CT molecular complexity index is 1040. The molecule has 0 saturated heterocycles. The van der Waals surface area contributed by atoms with Crippen molar-refractivity contribution in [2.75, 3.05) is 7.05 Å². The highest BCUT2D eigenvalue weighted by Crippen LogP contribution is 2.17. The fourth-order valence-electron chi connectivity index (χ4n) is 3.57. The lowest BCUT2D eigenvalue weighted by atomic mass is 9.99. The summed E-state index contributed by atoms with van der Waals surface area (Å²) in [6.07, 6.45) is 0.454. The van der Waals surface area contributed by atoms with E-state index >= 15 is 0 Å². The minimum Gasteiger partial charge on any atom is -0.368 e. The van der Waals surface area contributed by atoms with Gasteiger partial charge in [0.2, 0.25) is 17.7 Å². The van der Waals surface area contributed by atoms with Crippen molar-refractivity contribution >= 4 is 34.5 Å². The van der Waals surface area contributed by atoms with Gasteiger partial charge >= 0.3 is 6.03 Å². The number of primary amides is 1. The van der Waals surface area contributed by atoms with Gasteiger partial charge in [-0.1, -0.05) is 56.3 Å². The second-order valence-corrected chi connectivity index (χ2v) is 8.75. The highest BCUT2D eigenvalue weighted by atomic mass is 16.5. The van der Waals surface area contributed by atoms with E-state index in [9.17, 15) is 19.2 Å². The van der Waals surface area contributed by atoms with E-state index in [-0.39, 0.29) is 12.3 Å². The van der Waals surface area contributed by atoms with Gasteiger partial charge in [0.05, 0.1) is 0 Å². The number of carbonyl (C=O) groups excluding carboxylic acids is 4. The van der Waals surface area contributed by atoms with E-state index in [2.05, 4.69) is 10.6 Å². The SMILES string of the molecule is CC(C)CC(C(=O)NC(Cc1ccc2ccccc2c1)C(=O)NC(C)C(N)=O)N(C)C(=O)NO. The number of nitrogens with two attached hydrogens (primary N) is 1. The molecule has 0 saturated carbocycles. The molecule has 2 aromatic carbocycles. The molecule has 10 heteroatoms. The number of carbonyl (C=O) groups is 4. The number of rotatable bonds is 10. The zero-order valence-corrected chi connectivity index (χ0v) is 19.9. The first kappa shape index (κ1) is 26.6. The summed E-state index contributed by atoms with van der Waals surface area (Å²) in [5.74, 6) is -1.80. The van der Waals surface area contributed by atoms with E-state index in [1.165, 1.54) is 19.5 Å². The normalized spacial score (nSPS) is 13.6. The van der Waals surface area contributed by atoms with E-state index < -0.39 is 41.9 Å². The van der Waals surface area contributed by atoms with Crippen LogP contribution in [0.3, 0.4) is 0 Å². The summed E-state index contributed by atoms with van der Waals surface area (Å²) < 4.78 is 0. The largest absolute Gasteiger partial charge is 0.368 e. The van der Waals surface area contributed by atoms with Crippen LogP contribution in [0.4, 0.5) is 4.79 Å². The molecule has 6 N–H and O–H groups in total. The molecule has 184 valence electrons. The molecule has 10 nitrogen and oxygen atoms in total. The number of urea groups is 1. The molecule has 0 aliphatic heterocycles. The predicted octanol–water partition coefficient (Wildman–Crippen LogP) is 1.30. The number of likely N-dealkylation sites (N-methyl/N-ethyl adjacent to an activating group) is 1. The molecular weight excluding hydrogens is 438 g/mol. The number of nitrogens with one attached hydrogen (secondary N) is 3. The molecule has 0 heterocycles. The Balaban J connectivity index is 2.32. The van der Waals surface area contributed by atoms with Crippen molar-refractivity contribution in [1.82, 2.24) is 21.0 Å². The molecular formula is C24H33N5O5. The van der Waals surface area contributed by atoms with Crippen molar-refractivity contribution < 1.29 is 24.4 Å². The zero-order valence-electron chi connectivity index (χ0n) is 19.9. The van der Waals surface area contributed by atoms with Gasteiger partial charge in [-0.3, -0.25) is 19.6 Å². The third kappa shape index (κ3) is 7.17. The highest BCUT2D eigenvalue weighted by Gasteiger charge is 2.31. The van der Waals surface area contributed by atoms with Crippen LogP contribution < -0.4 is 21.8 Å². The Morgan fingerprint density at radius 3 is 2.21 bits per heavy atom. The monoisotopic (exact) mass is 471 g/mol. The minimum atomic E-state index is -1.03. The number of hydroxylamine groups is 1. The molecule has 0 aromatic heterocycles. The summed E-state index contributed by atoms with van der Waals surface area (Å²) >= 11 is 0. The molecule has 34 heavy (non-hydrogen) atoms. The Hall–Kier alpha value is -3.66. The smallest absolute Gasteiger partial charge is 0.341 e. The number of fused-ring (bicyclic) bond motifs is 1. The first-order valence-corrected chi connectivity index (χ1v) is 11.1. The van der Waals surface area contributed by atoms with Crippen LogP contribution in [0.1, 0.15) is 32.8 Å². The van der Waals surface area contributed by atoms with Gasteiger partial charge in [0.15, 0.2) is 0 Å². The standard InChI is InChI=1S/C24H33N5O5/c1-14(2)11-20(29(4)24(33)28-34)23(32)27-19(22(31)26-15(3)21(25)30)13-16-9-10-17-7-5-6-8-18(17)12-16/h5-10,12,14-15,19-20,34H,11,13H2,1-4H3,(H2,25,30)(H,26,31)(H,27,32)(H,28,33). The number of hydrogen-bond donors (Lipinski definition) is 5. The zero-order chi connectivity index (χ0) is 25.4. The van der Waals surface area contributed by atoms with E-state index in [0.29, 0.717) is 6.42 Å². The van der Waals surface area contributed by atoms with E-state index in [0.717, 1.165) is 21.2 Å². The van der Waals surface area contributed by atoms with Gasteiger partial charge < -0.3 is 21.3 Å². The Kier molecular flexibility index (Phi) is 9.37. The second-order valence-electron chi connectivity index (χ2n) is 8.75. The van der Waals surface area contributed by atoms with Gasteiger partial charge in [-0.05, 0) is 35.6 Å². The van der Waals surface area contributed by atoms with E-state index in [4.69, 9.17) is 10.9 Å².